The number of nitrogens with zero attached hydrogens (tertiary/aromatic N) is 3. The summed E-state index contributed by atoms with van der Waals surface area (Å²) in [4.78, 5) is 5.00. The van der Waals surface area contributed by atoms with Crippen LogP contribution in [0.1, 0.15) is 108 Å². The van der Waals surface area contributed by atoms with Crippen molar-refractivity contribution in [2.45, 2.75) is 142 Å². The Labute approximate surface area is 244 Å². The second-order valence-corrected chi connectivity index (χ2v) is 19.1. The standard InChI is InChI=1S/C19H36N3P.C6H14P.3CO.Mo/c1-13(2)23(14(3)4,15(5)6)22-21-20-19-10-16-7-17(11-19)9-18(8-16)12-19;1-5(2)7-6(3)4;3*1-2;/h13-18H,7-12H2,1-6H3;5-6H,1-4H3;;;;/q;-1;;;;. The Kier molecular flexibility index (Phi) is 23.6. The van der Waals surface area contributed by atoms with E-state index in [0.717, 1.165) is 29.1 Å². The summed E-state index contributed by atoms with van der Waals surface area (Å²) in [5.41, 5.74) is 3.65. The van der Waals surface area contributed by atoms with E-state index in [-0.39, 0.29) is 26.6 Å². The second kappa shape index (κ2) is 21.0. The van der Waals surface area contributed by atoms with Gasteiger partial charge in [-0.05, 0) is 73.3 Å². The van der Waals surface area contributed by atoms with Gasteiger partial charge in [-0.1, -0.05) is 74.5 Å². The van der Waals surface area contributed by atoms with Gasteiger partial charge in [0.15, 0.2) is 0 Å². The van der Waals surface area contributed by atoms with Crippen molar-refractivity contribution in [3.05, 3.63) is 20.0 Å². The fourth-order valence-electron chi connectivity index (χ4n) is 7.07. The van der Waals surface area contributed by atoms with Gasteiger partial charge < -0.3 is 8.58 Å². The first-order chi connectivity index (χ1) is 16.9. The molecule has 0 amide bonds. The molecule has 6 nitrogen and oxygen atoms in total. The fraction of sp³-hybridized carbons (Fsp3) is 0.893. The van der Waals surface area contributed by atoms with Crippen LogP contribution in [0.25, 0.3) is 0 Å². The van der Waals surface area contributed by atoms with Crippen LogP contribution in [0.5, 0.6) is 0 Å². The topological polar surface area (TPSA) is 96.8 Å². The minimum Gasteiger partial charge on any atom is 0 e. The molecule has 0 radical (unpaired) electrons. The molecular formula is C28H50MoN3O3P2-. The summed E-state index contributed by atoms with van der Waals surface area (Å²) in [6.07, 6.45) is 8.25. The van der Waals surface area contributed by atoms with Gasteiger partial charge in [0, 0.05) is 28.1 Å². The van der Waals surface area contributed by atoms with Gasteiger partial charge in [-0.3, -0.25) is 0 Å². The van der Waals surface area contributed by atoms with Crippen LogP contribution < -0.4 is 0 Å². The molecule has 4 rings (SSSR count). The minimum absolute atomic E-state index is 0. The Balaban J connectivity index is -0.000000704. The van der Waals surface area contributed by atoms with Crippen molar-refractivity contribution in [1.29, 1.82) is 0 Å². The van der Waals surface area contributed by atoms with Crippen molar-refractivity contribution in [2.24, 2.45) is 32.9 Å². The van der Waals surface area contributed by atoms with Crippen LogP contribution in [-0.4, -0.2) is 33.8 Å². The van der Waals surface area contributed by atoms with Crippen LogP contribution in [0.2, 0.25) is 0 Å². The molecular weight excluding hydrogens is 584 g/mol. The van der Waals surface area contributed by atoms with Crippen LogP contribution in [0.4, 0.5) is 0 Å². The summed E-state index contributed by atoms with van der Waals surface area (Å²) in [7, 11) is 0.120. The summed E-state index contributed by atoms with van der Waals surface area (Å²) < 4.78 is 22.5. The first-order valence-electron chi connectivity index (χ1n) is 13.2. The molecule has 37 heavy (non-hydrogen) atoms. The van der Waals surface area contributed by atoms with Crippen molar-refractivity contribution in [3.63, 3.8) is 0 Å². The van der Waals surface area contributed by atoms with Gasteiger partial charge >= 0.3 is 33.9 Å². The summed E-state index contributed by atoms with van der Waals surface area (Å²) in [6, 6.07) is 0. The van der Waals surface area contributed by atoms with E-state index in [1.54, 1.807) is 8.58 Å². The first kappa shape index (κ1) is 41.6. The van der Waals surface area contributed by atoms with E-state index in [0.29, 0.717) is 17.0 Å². The third-order valence-corrected chi connectivity index (χ3v) is 14.1. The second-order valence-electron chi connectivity index (χ2n) is 11.8. The van der Waals surface area contributed by atoms with E-state index in [2.05, 4.69) is 94.4 Å². The van der Waals surface area contributed by atoms with Crippen molar-refractivity contribution in [3.8, 4) is 0 Å². The molecule has 4 aliphatic rings. The molecule has 0 aromatic carbocycles. The Bertz CT molecular complexity index is 675. The fourth-order valence-corrected chi connectivity index (χ4v) is 12.6. The van der Waals surface area contributed by atoms with Crippen molar-refractivity contribution in [1.82, 2.24) is 0 Å². The molecule has 0 spiro atoms. The Morgan fingerprint density at radius 2 is 0.946 bits per heavy atom. The zero-order chi connectivity index (χ0) is 28.7. The van der Waals surface area contributed by atoms with Crippen LogP contribution in [0.15, 0.2) is 15.2 Å². The van der Waals surface area contributed by atoms with Crippen LogP contribution >= 0.6 is 15.6 Å². The number of hydrogen-bond donors (Lipinski definition) is 0. The van der Waals surface area contributed by atoms with E-state index in [4.69, 9.17) is 23.9 Å². The van der Waals surface area contributed by atoms with Gasteiger partial charge in [-0.2, -0.15) is 21.3 Å². The van der Waals surface area contributed by atoms with Gasteiger partial charge in [-0.25, -0.2) is 0 Å². The van der Waals surface area contributed by atoms with E-state index >= 15 is 0 Å². The Hall–Kier alpha value is 0.168. The van der Waals surface area contributed by atoms with Gasteiger partial charge in [0.25, 0.3) is 0 Å². The van der Waals surface area contributed by atoms with E-state index in [9.17, 15) is 0 Å². The SMILES string of the molecule is CC(C)P(=NN=NC12CC3CC(CC(C3)C1)C2)(C(C)C)C(C)C.CC(C)[P-]C(C)C.[C-]#[O+].[C-]#[O+].[C-]#[O+].[Mo]. The van der Waals surface area contributed by atoms with Crippen molar-refractivity contribution >= 4 is 15.6 Å². The maximum atomic E-state index is 7.50. The quantitative estimate of drug-likeness (QED) is 0.0666. The smallest absolute Gasteiger partial charge is 0 e. The van der Waals surface area contributed by atoms with Crippen molar-refractivity contribution in [2.75, 3.05) is 0 Å². The molecule has 0 atom stereocenters. The normalized spacial score (nSPS) is 25.2. The molecule has 212 valence electrons. The third-order valence-electron chi connectivity index (χ3n) is 7.54. The van der Waals surface area contributed by atoms with E-state index in [1.807, 2.05) is 0 Å². The van der Waals surface area contributed by atoms with Gasteiger partial charge in [0.2, 0.25) is 0 Å². The zero-order valence-electron chi connectivity index (χ0n) is 24.7. The maximum absolute atomic E-state index is 7.50. The molecule has 0 N–H and O–H groups in total. The molecule has 9 heteroatoms. The summed E-state index contributed by atoms with van der Waals surface area (Å²) >= 11 is 0. The predicted octanol–water partition coefficient (Wildman–Crippen LogP) is 9.38. The third kappa shape index (κ3) is 12.9. The van der Waals surface area contributed by atoms with E-state index < -0.39 is 7.05 Å². The van der Waals surface area contributed by atoms with Crippen LogP contribution in [0, 0.1) is 37.7 Å². The molecule has 4 saturated carbocycles. The zero-order valence-corrected chi connectivity index (χ0v) is 28.5. The molecule has 0 aromatic rings. The molecule has 0 heterocycles. The average molecular weight is 635 g/mol. The Morgan fingerprint density at radius 1 is 0.649 bits per heavy atom. The average Bonchev–Trinajstić information content (AvgIpc) is 2.78. The number of rotatable bonds is 7. The molecule has 4 bridgehead atoms. The summed E-state index contributed by atoms with van der Waals surface area (Å²) in [5.74, 6) is 2.79. The molecule has 0 aromatic heterocycles. The van der Waals surface area contributed by atoms with Gasteiger partial charge in [0.05, 0.1) is 5.54 Å². The van der Waals surface area contributed by atoms with Crippen LogP contribution in [0.3, 0.4) is 0 Å². The molecule has 0 aliphatic heterocycles. The first-order valence-corrected chi connectivity index (χ1v) is 16.2. The summed E-state index contributed by atoms with van der Waals surface area (Å²) in [6.45, 7) is 36.5. The molecule has 4 fully saturated rings. The largest absolute Gasteiger partial charge is 0 e. The van der Waals surface area contributed by atoms with E-state index in [1.165, 1.54) is 38.5 Å². The molecule has 0 saturated heterocycles. The van der Waals surface area contributed by atoms with Gasteiger partial charge in [-0.15, -0.1) is 0 Å². The predicted molar refractivity (Wildman–Crippen MR) is 149 cm³/mol. The van der Waals surface area contributed by atoms with Crippen LogP contribution in [-0.2, 0) is 35.0 Å². The maximum Gasteiger partial charge on any atom is 0 e. The summed E-state index contributed by atoms with van der Waals surface area (Å²) in [5, 5.41) is 9.53. The number of hydrogen-bond acceptors (Lipinski definition) is 1. The molecule has 4 aliphatic carbocycles. The van der Waals surface area contributed by atoms with Crippen molar-refractivity contribution < 1.29 is 35.0 Å². The molecule has 0 unspecified atom stereocenters. The Morgan fingerprint density at radius 3 is 1.16 bits per heavy atom. The minimum atomic E-state index is -1.46. The van der Waals surface area contributed by atoms with Gasteiger partial charge in [0.1, 0.15) is 0 Å². The monoisotopic (exact) mass is 636 g/mol.